The lowest BCUT2D eigenvalue weighted by Gasteiger charge is -2.25. The van der Waals surface area contributed by atoms with E-state index in [1.807, 2.05) is 18.2 Å². The molecule has 0 saturated heterocycles. The Labute approximate surface area is 232 Å². The number of alkyl halides is 3. The first-order chi connectivity index (χ1) is 18.8. The molecular formula is C29H38F3N3O5. The van der Waals surface area contributed by atoms with E-state index in [1.165, 1.54) is 0 Å². The van der Waals surface area contributed by atoms with Gasteiger partial charge in [0, 0.05) is 31.8 Å². The lowest BCUT2D eigenvalue weighted by Crippen LogP contribution is -2.41. The van der Waals surface area contributed by atoms with Crippen LogP contribution in [0.4, 0.5) is 19.0 Å². The number of hydrogen-bond donors (Lipinski definition) is 2. The van der Waals surface area contributed by atoms with Crippen molar-refractivity contribution in [3.05, 3.63) is 53.2 Å². The maximum absolute atomic E-state index is 13.2. The molecule has 0 bridgehead atoms. The summed E-state index contributed by atoms with van der Waals surface area (Å²) >= 11 is 0. The van der Waals surface area contributed by atoms with Gasteiger partial charge in [0.1, 0.15) is 18.1 Å². The highest BCUT2D eigenvalue weighted by molar-refractivity contribution is 5.84. The van der Waals surface area contributed by atoms with E-state index in [0.29, 0.717) is 48.0 Å². The smallest absolute Gasteiger partial charge is 0.406 e. The van der Waals surface area contributed by atoms with E-state index in [9.17, 15) is 22.8 Å². The summed E-state index contributed by atoms with van der Waals surface area (Å²) < 4.78 is 51.0. The summed E-state index contributed by atoms with van der Waals surface area (Å²) in [6, 6.07) is 10.7. The number of hydrogen-bond acceptors (Lipinski definition) is 6. The number of nitrogens with zero attached hydrogens (tertiary/aromatic N) is 2. The molecule has 0 radical (unpaired) electrons. The number of carboxylic acid groups (broad SMARTS) is 1. The van der Waals surface area contributed by atoms with Crippen molar-refractivity contribution in [3.8, 4) is 5.75 Å². The number of halogens is 3. The number of rotatable bonds is 13. The predicted octanol–water partition coefficient (Wildman–Crippen LogP) is 5.11. The van der Waals surface area contributed by atoms with Gasteiger partial charge in [0.05, 0.1) is 25.6 Å². The first-order valence-electron chi connectivity index (χ1n) is 13.4. The second-order valence-electron chi connectivity index (χ2n) is 11.2. The standard InChI is InChI=1S/C29H38F3N3O5/c1-28(2,3)10-13-39-14-11-33-25-6-4-5-23(34-25)9-12-40-24-8-7-20-15-21(17-26(36)37)27(38)35(18-22(20)16-24)19-29(30,31)32/h4-8,16,21H,9-15,17-19H2,1-3H3,(H,33,34)(H,36,37)/t21-/m0/s1. The third kappa shape index (κ3) is 10.7. The highest BCUT2D eigenvalue weighted by Crippen LogP contribution is 2.30. The average Bonchev–Trinajstić information content (AvgIpc) is 2.96. The molecule has 11 heteroatoms. The summed E-state index contributed by atoms with van der Waals surface area (Å²) in [5.74, 6) is -1.92. The van der Waals surface area contributed by atoms with Gasteiger partial charge in [0.15, 0.2) is 0 Å². The molecule has 0 unspecified atom stereocenters. The van der Waals surface area contributed by atoms with Crippen molar-refractivity contribution in [3.63, 3.8) is 0 Å². The Kier molecular flexibility index (Phi) is 10.8. The number of pyridine rings is 1. The number of aromatic nitrogens is 1. The molecule has 2 N–H and O–H groups in total. The Bertz CT molecular complexity index is 1150. The van der Waals surface area contributed by atoms with Crippen LogP contribution in [-0.4, -0.2) is 66.0 Å². The van der Waals surface area contributed by atoms with Crippen LogP contribution < -0.4 is 10.1 Å². The molecule has 40 heavy (non-hydrogen) atoms. The fourth-order valence-electron chi connectivity index (χ4n) is 4.38. The maximum atomic E-state index is 13.2. The van der Waals surface area contributed by atoms with Crippen LogP contribution in [0.3, 0.4) is 0 Å². The van der Waals surface area contributed by atoms with Crippen molar-refractivity contribution >= 4 is 17.7 Å². The summed E-state index contributed by atoms with van der Waals surface area (Å²) in [7, 11) is 0. The third-order valence-electron chi connectivity index (χ3n) is 6.44. The lowest BCUT2D eigenvalue weighted by molar-refractivity contribution is -0.165. The molecule has 1 aliphatic rings. The topological polar surface area (TPSA) is 101 Å². The summed E-state index contributed by atoms with van der Waals surface area (Å²) in [5.41, 5.74) is 2.20. The van der Waals surface area contributed by atoms with Gasteiger partial charge < -0.3 is 24.8 Å². The normalized spacial score (nSPS) is 15.9. The van der Waals surface area contributed by atoms with Gasteiger partial charge in [-0.2, -0.15) is 13.2 Å². The minimum Gasteiger partial charge on any atom is -0.493 e. The molecule has 0 aliphatic carbocycles. The quantitative estimate of drug-likeness (QED) is 0.326. The van der Waals surface area contributed by atoms with Crippen LogP contribution in [0.15, 0.2) is 36.4 Å². The van der Waals surface area contributed by atoms with Crippen molar-refractivity contribution in [1.29, 1.82) is 0 Å². The monoisotopic (exact) mass is 565 g/mol. The van der Waals surface area contributed by atoms with Gasteiger partial charge in [-0.25, -0.2) is 4.98 Å². The first-order valence-corrected chi connectivity index (χ1v) is 13.4. The summed E-state index contributed by atoms with van der Waals surface area (Å²) in [6.45, 7) is 7.02. The van der Waals surface area contributed by atoms with Crippen molar-refractivity contribution < 1.29 is 37.3 Å². The molecule has 0 fully saturated rings. The summed E-state index contributed by atoms with van der Waals surface area (Å²) in [6.07, 6.45) is -3.58. The van der Waals surface area contributed by atoms with E-state index in [-0.39, 0.29) is 25.0 Å². The molecule has 0 saturated carbocycles. The molecule has 1 aliphatic heterocycles. The molecule has 1 aromatic carbocycles. The van der Waals surface area contributed by atoms with Gasteiger partial charge >= 0.3 is 12.1 Å². The van der Waals surface area contributed by atoms with Crippen molar-refractivity contribution in [1.82, 2.24) is 9.88 Å². The number of benzene rings is 1. The Hall–Kier alpha value is -3.34. The van der Waals surface area contributed by atoms with Gasteiger partial charge in [-0.3, -0.25) is 9.59 Å². The van der Waals surface area contributed by atoms with Gasteiger partial charge in [-0.05, 0) is 53.6 Å². The Morgan fingerprint density at radius 3 is 2.60 bits per heavy atom. The van der Waals surface area contributed by atoms with Gasteiger partial charge in [-0.15, -0.1) is 0 Å². The minimum absolute atomic E-state index is 0.0560. The van der Waals surface area contributed by atoms with E-state index >= 15 is 0 Å². The van der Waals surface area contributed by atoms with Crippen molar-refractivity contribution in [2.24, 2.45) is 11.3 Å². The van der Waals surface area contributed by atoms with Gasteiger partial charge in [-0.1, -0.05) is 32.9 Å². The zero-order chi connectivity index (χ0) is 29.3. The molecule has 1 amide bonds. The van der Waals surface area contributed by atoms with E-state index < -0.39 is 36.9 Å². The van der Waals surface area contributed by atoms with Crippen LogP contribution in [0, 0.1) is 11.3 Å². The fourth-order valence-corrected chi connectivity index (χ4v) is 4.38. The average molecular weight is 566 g/mol. The van der Waals surface area contributed by atoms with Crippen LogP contribution >= 0.6 is 0 Å². The molecule has 0 spiro atoms. The third-order valence-corrected chi connectivity index (χ3v) is 6.44. The van der Waals surface area contributed by atoms with E-state index in [2.05, 4.69) is 31.1 Å². The SMILES string of the molecule is CC(C)(C)CCOCCNc1cccc(CCOc2ccc3c(c2)CN(CC(F)(F)F)C(=O)[C@H](CC(=O)O)C3)n1. The molecular weight excluding hydrogens is 527 g/mol. The fraction of sp³-hybridized carbons (Fsp3) is 0.552. The summed E-state index contributed by atoms with van der Waals surface area (Å²) in [4.78, 5) is 29.2. The largest absolute Gasteiger partial charge is 0.493 e. The molecule has 2 aromatic rings. The van der Waals surface area contributed by atoms with Gasteiger partial charge in [0.25, 0.3) is 0 Å². The number of amides is 1. The predicted molar refractivity (Wildman–Crippen MR) is 144 cm³/mol. The van der Waals surface area contributed by atoms with Crippen LogP contribution in [0.1, 0.15) is 50.4 Å². The van der Waals surface area contributed by atoms with Crippen molar-refractivity contribution in [2.45, 2.75) is 59.2 Å². The molecule has 2 heterocycles. The number of carbonyl (C=O) groups is 2. The maximum Gasteiger partial charge on any atom is 0.406 e. The summed E-state index contributed by atoms with van der Waals surface area (Å²) in [5, 5.41) is 12.4. The number of aliphatic carboxylic acids is 1. The van der Waals surface area contributed by atoms with E-state index in [4.69, 9.17) is 14.6 Å². The molecule has 8 nitrogen and oxygen atoms in total. The van der Waals surface area contributed by atoms with Crippen molar-refractivity contribution in [2.75, 3.05) is 38.2 Å². The van der Waals surface area contributed by atoms with Crippen LogP contribution in [-0.2, 0) is 33.7 Å². The van der Waals surface area contributed by atoms with E-state index in [1.54, 1.807) is 18.2 Å². The number of ether oxygens (including phenoxy) is 2. The number of anilines is 1. The van der Waals surface area contributed by atoms with Crippen LogP contribution in [0.5, 0.6) is 5.75 Å². The Balaban J connectivity index is 1.56. The number of fused-ring (bicyclic) bond motifs is 1. The molecule has 3 rings (SSSR count). The second-order valence-corrected chi connectivity index (χ2v) is 11.2. The molecule has 1 aromatic heterocycles. The Morgan fingerprint density at radius 1 is 1.12 bits per heavy atom. The highest BCUT2D eigenvalue weighted by atomic mass is 19.4. The molecule has 1 atom stereocenters. The number of carbonyl (C=O) groups excluding carboxylic acids is 1. The van der Waals surface area contributed by atoms with Crippen LogP contribution in [0.25, 0.3) is 0 Å². The van der Waals surface area contributed by atoms with E-state index in [0.717, 1.165) is 17.9 Å². The van der Waals surface area contributed by atoms with Crippen LogP contribution in [0.2, 0.25) is 0 Å². The minimum atomic E-state index is -4.60. The number of nitrogens with one attached hydrogen (secondary N) is 1. The number of carboxylic acids is 1. The molecule has 220 valence electrons. The first kappa shape index (κ1) is 31.2. The zero-order valence-corrected chi connectivity index (χ0v) is 23.2. The zero-order valence-electron chi connectivity index (χ0n) is 23.2. The lowest BCUT2D eigenvalue weighted by atomic mass is 9.93. The second kappa shape index (κ2) is 13.8. The van der Waals surface area contributed by atoms with Gasteiger partial charge in [0.2, 0.25) is 5.91 Å². The Morgan fingerprint density at radius 2 is 1.90 bits per heavy atom. The highest BCUT2D eigenvalue weighted by Gasteiger charge is 2.38.